The van der Waals surface area contributed by atoms with Crippen molar-refractivity contribution in [1.82, 2.24) is 4.98 Å². The van der Waals surface area contributed by atoms with Gasteiger partial charge >= 0.3 is 0 Å². The molecular formula is C8H8N2OS. The summed E-state index contributed by atoms with van der Waals surface area (Å²) in [5.74, 6) is 0.943. The number of hydrogen-bond donors (Lipinski definition) is 1. The van der Waals surface area contributed by atoms with Crippen LogP contribution in [0.1, 0.15) is 10.6 Å². The second-order valence-corrected chi connectivity index (χ2v) is 3.57. The highest BCUT2D eigenvalue weighted by Crippen LogP contribution is 2.18. The summed E-state index contributed by atoms with van der Waals surface area (Å²) in [6.45, 7) is 0. The fourth-order valence-electron chi connectivity index (χ4n) is 0.989. The molecule has 0 unspecified atom stereocenters. The van der Waals surface area contributed by atoms with E-state index >= 15 is 0 Å². The van der Waals surface area contributed by atoms with Crippen molar-refractivity contribution in [3.8, 4) is 0 Å². The molecule has 4 heteroatoms. The molecule has 0 spiro atoms. The third-order valence-corrected chi connectivity index (χ3v) is 2.33. The van der Waals surface area contributed by atoms with Gasteiger partial charge in [0, 0.05) is 17.5 Å². The van der Waals surface area contributed by atoms with E-state index in [1.165, 1.54) is 11.3 Å². The molecule has 62 valence electrons. The first kappa shape index (κ1) is 7.36. The summed E-state index contributed by atoms with van der Waals surface area (Å²) in [6, 6.07) is 3.82. The van der Waals surface area contributed by atoms with E-state index in [1.54, 1.807) is 12.5 Å². The normalized spacial score (nSPS) is 10.3. The molecule has 0 amide bonds. The highest BCUT2D eigenvalue weighted by molar-refractivity contribution is 7.15. The van der Waals surface area contributed by atoms with Crippen LogP contribution >= 0.6 is 11.3 Å². The highest BCUT2D eigenvalue weighted by atomic mass is 32.1. The molecule has 0 aliphatic carbocycles. The molecule has 2 aromatic heterocycles. The summed E-state index contributed by atoms with van der Waals surface area (Å²) in [7, 11) is 0. The maximum atomic E-state index is 5.48. The van der Waals surface area contributed by atoms with Gasteiger partial charge in [0.05, 0.1) is 6.26 Å². The fourth-order valence-corrected chi connectivity index (χ4v) is 1.68. The van der Waals surface area contributed by atoms with Gasteiger partial charge in [0.2, 0.25) is 0 Å². The zero-order valence-electron chi connectivity index (χ0n) is 6.36. The number of anilines is 1. The average molecular weight is 180 g/mol. The van der Waals surface area contributed by atoms with Crippen LogP contribution in [0.5, 0.6) is 0 Å². The largest absolute Gasteiger partial charge is 0.469 e. The summed E-state index contributed by atoms with van der Waals surface area (Å²) in [6.07, 6.45) is 4.23. The van der Waals surface area contributed by atoms with E-state index in [0.717, 1.165) is 17.1 Å². The van der Waals surface area contributed by atoms with Gasteiger partial charge in [0.1, 0.15) is 5.76 Å². The molecule has 0 aromatic carbocycles. The summed E-state index contributed by atoms with van der Waals surface area (Å²) in [4.78, 5) is 5.08. The van der Waals surface area contributed by atoms with Crippen LogP contribution in [0.4, 0.5) is 5.13 Å². The molecule has 0 aliphatic heterocycles. The van der Waals surface area contributed by atoms with Crippen molar-refractivity contribution in [2.45, 2.75) is 6.42 Å². The monoisotopic (exact) mass is 180 g/mol. The van der Waals surface area contributed by atoms with Crippen molar-refractivity contribution in [2.75, 3.05) is 5.73 Å². The van der Waals surface area contributed by atoms with Gasteiger partial charge in [0.25, 0.3) is 0 Å². The third-order valence-electron chi connectivity index (χ3n) is 1.50. The number of aromatic nitrogens is 1. The molecule has 0 fully saturated rings. The smallest absolute Gasteiger partial charge is 0.180 e. The lowest BCUT2D eigenvalue weighted by atomic mass is 10.3. The molecule has 2 rings (SSSR count). The second kappa shape index (κ2) is 2.98. The molecule has 0 atom stereocenters. The lowest BCUT2D eigenvalue weighted by Gasteiger charge is -1.89. The molecule has 0 bridgehead atoms. The van der Waals surface area contributed by atoms with Crippen LogP contribution in [0.2, 0.25) is 0 Å². The van der Waals surface area contributed by atoms with Crippen molar-refractivity contribution in [3.05, 3.63) is 35.2 Å². The van der Waals surface area contributed by atoms with Gasteiger partial charge in [-0.1, -0.05) is 0 Å². The lowest BCUT2D eigenvalue weighted by molar-refractivity contribution is 0.522. The molecule has 0 radical (unpaired) electrons. The summed E-state index contributed by atoms with van der Waals surface area (Å²) in [5, 5.41) is 0.608. The number of nitrogen functional groups attached to an aromatic ring is 1. The molecule has 2 N–H and O–H groups in total. The Morgan fingerprint density at radius 2 is 2.50 bits per heavy atom. The minimum absolute atomic E-state index is 0.608. The van der Waals surface area contributed by atoms with Gasteiger partial charge in [-0.25, -0.2) is 4.98 Å². The zero-order chi connectivity index (χ0) is 8.39. The van der Waals surface area contributed by atoms with E-state index < -0.39 is 0 Å². The Bertz CT molecular complexity index is 353. The maximum absolute atomic E-state index is 5.48. The number of hydrogen-bond acceptors (Lipinski definition) is 4. The van der Waals surface area contributed by atoms with E-state index in [2.05, 4.69) is 4.98 Å². The first-order valence-electron chi connectivity index (χ1n) is 3.57. The van der Waals surface area contributed by atoms with Crippen molar-refractivity contribution in [1.29, 1.82) is 0 Å². The van der Waals surface area contributed by atoms with Crippen LogP contribution in [0.25, 0.3) is 0 Å². The Labute approximate surface area is 73.8 Å². The maximum Gasteiger partial charge on any atom is 0.180 e. The quantitative estimate of drug-likeness (QED) is 0.768. The van der Waals surface area contributed by atoms with E-state index in [1.807, 2.05) is 12.1 Å². The molecule has 0 aliphatic rings. The zero-order valence-corrected chi connectivity index (χ0v) is 7.17. The Balaban J connectivity index is 2.14. The Kier molecular flexibility index (Phi) is 1.83. The predicted octanol–water partition coefficient (Wildman–Crippen LogP) is 1.91. The van der Waals surface area contributed by atoms with Crippen LogP contribution < -0.4 is 5.73 Å². The van der Waals surface area contributed by atoms with Crippen molar-refractivity contribution in [2.24, 2.45) is 0 Å². The van der Waals surface area contributed by atoms with Crippen LogP contribution in [0, 0.1) is 0 Å². The van der Waals surface area contributed by atoms with Gasteiger partial charge in [-0.3, -0.25) is 0 Å². The van der Waals surface area contributed by atoms with Crippen molar-refractivity contribution < 1.29 is 4.42 Å². The molecule has 2 aromatic rings. The topological polar surface area (TPSA) is 52.0 Å². The van der Waals surface area contributed by atoms with Gasteiger partial charge in [-0.2, -0.15) is 0 Å². The first-order chi connectivity index (χ1) is 5.84. The number of furan rings is 1. The minimum atomic E-state index is 0.608. The molecule has 0 saturated carbocycles. The van der Waals surface area contributed by atoms with Gasteiger partial charge < -0.3 is 10.2 Å². The van der Waals surface area contributed by atoms with E-state index in [-0.39, 0.29) is 0 Å². The van der Waals surface area contributed by atoms with Gasteiger partial charge in [0.15, 0.2) is 5.13 Å². The minimum Gasteiger partial charge on any atom is -0.469 e. The first-order valence-corrected chi connectivity index (χ1v) is 4.39. The summed E-state index contributed by atoms with van der Waals surface area (Å²) < 4.78 is 5.18. The van der Waals surface area contributed by atoms with Crippen LogP contribution in [0.15, 0.2) is 29.0 Å². The number of thiazole rings is 1. The van der Waals surface area contributed by atoms with Crippen LogP contribution in [0.3, 0.4) is 0 Å². The van der Waals surface area contributed by atoms with Crippen molar-refractivity contribution >= 4 is 16.5 Å². The standard InChI is InChI=1S/C8H8N2OS/c9-8-10-5-7(12-8)4-6-2-1-3-11-6/h1-3,5H,4H2,(H2,9,10). The lowest BCUT2D eigenvalue weighted by Crippen LogP contribution is -1.78. The summed E-state index contributed by atoms with van der Waals surface area (Å²) >= 11 is 1.49. The van der Waals surface area contributed by atoms with Gasteiger partial charge in [-0.05, 0) is 12.1 Å². The molecular weight excluding hydrogens is 172 g/mol. The predicted molar refractivity (Wildman–Crippen MR) is 48.0 cm³/mol. The Morgan fingerprint density at radius 3 is 3.08 bits per heavy atom. The molecule has 12 heavy (non-hydrogen) atoms. The Morgan fingerprint density at radius 1 is 1.58 bits per heavy atom. The van der Waals surface area contributed by atoms with Crippen LogP contribution in [-0.4, -0.2) is 4.98 Å². The number of rotatable bonds is 2. The second-order valence-electron chi connectivity index (χ2n) is 2.42. The molecule has 2 heterocycles. The van der Waals surface area contributed by atoms with Crippen molar-refractivity contribution in [3.63, 3.8) is 0 Å². The summed E-state index contributed by atoms with van der Waals surface area (Å²) in [5.41, 5.74) is 5.48. The van der Waals surface area contributed by atoms with Crippen LogP contribution in [-0.2, 0) is 6.42 Å². The SMILES string of the molecule is Nc1ncc(Cc2ccco2)s1. The number of nitrogens with two attached hydrogens (primary N) is 1. The highest BCUT2D eigenvalue weighted by Gasteiger charge is 2.01. The average Bonchev–Trinajstić information content (AvgIpc) is 2.63. The fraction of sp³-hybridized carbons (Fsp3) is 0.125. The third kappa shape index (κ3) is 1.48. The Hall–Kier alpha value is -1.29. The molecule has 3 nitrogen and oxygen atoms in total. The molecule has 0 saturated heterocycles. The van der Waals surface area contributed by atoms with E-state index in [0.29, 0.717) is 5.13 Å². The van der Waals surface area contributed by atoms with Gasteiger partial charge in [-0.15, -0.1) is 11.3 Å². The number of nitrogens with zero attached hydrogens (tertiary/aromatic N) is 1. The van der Waals surface area contributed by atoms with E-state index in [4.69, 9.17) is 10.2 Å². The van der Waals surface area contributed by atoms with E-state index in [9.17, 15) is 0 Å².